The van der Waals surface area contributed by atoms with Gasteiger partial charge < -0.3 is 14.6 Å². The number of thioether (sulfide) groups is 1. The number of amides is 1. The van der Waals surface area contributed by atoms with Crippen LogP contribution in [0.4, 0.5) is 0 Å². The van der Waals surface area contributed by atoms with Crippen molar-refractivity contribution >= 4 is 34.2 Å². The summed E-state index contributed by atoms with van der Waals surface area (Å²) < 4.78 is 9.15. The van der Waals surface area contributed by atoms with Crippen LogP contribution in [0.1, 0.15) is 18.3 Å². The molecule has 4 rings (SSSR count). The van der Waals surface area contributed by atoms with E-state index in [1.807, 2.05) is 63.8 Å². The fourth-order valence-electron chi connectivity index (χ4n) is 3.44. The van der Waals surface area contributed by atoms with E-state index < -0.39 is 0 Å². The van der Waals surface area contributed by atoms with E-state index in [0.29, 0.717) is 0 Å². The highest BCUT2D eigenvalue weighted by atomic mass is 32.2. The molecule has 7 nitrogen and oxygen atoms in total. The maximum atomic E-state index is 12.9. The van der Waals surface area contributed by atoms with Gasteiger partial charge in [-0.2, -0.15) is 11.8 Å². The van der Waals surface area contributed by atoms with Gasteiger partial charge in [-0.25, -0.2) is 0 Å². The zero-order chi connectivity index (χ0) is 20.2. The fourth-order valence-corrected chi connectivity index (χ4v) is 3.91. The molecule has 0 bridgehead atoms. The molecular weight excluding hydrogens is 386 g/mol. The van der Waals surface area contributed by atoms with Crippen molar-refractivity contribution in [3.63, 3.8) is 0 Å². The summed E-state index contributed by atoms with van der Waals surface area (Å²) in [5, 5.41) is 12.8. The Labute approximate surface area is 173 Å². The standard InChI is InChI=1S/C21H23N5O2S/c1-28-16-6-7-18-15(13-16)8-11-25(18)14-20(27)22-17(9-12-29-2)21-24-23-19-5-3-4-10-26(19)21/h3-8,10-11,13,17H,9,12,14H2,1-2H3,(H,22,27). The van der Waals surface area contributed by atoms with Gasteiger partial charge in [0.25, 0.3) is 0 Å². The Morgan fingerprint density at radius 1 is 1.21 bits per heavy atom. The molecule has 1 N–H and O–H groups in total. The smallest absolute Gasteiger partial charge is 0.240 e. The molecule has 1 amide bonds. The molecule has 1 atom stereocenters. The van der Waals surface area contributed by atoms with E-state index in [1.54, 1.807) is 18.9 Å². The zero-order valence-corrected chi connectivity index (χ0v) is 17.2. The number of methoxy groups -OCH3 is 1. The third kappa shape index (κ3) is 4.07. The van der Waals surface area contributed by atoms with E-state index in [2.05, 4.69) is 21.8 Å². The molecule has 150 valence electrons. The summed E-state index contributed by atoms with van der Waals surface area (Å²) >= 11 is 1.74. The van der Waals surface area contributed by atoms with Gasteiger partial charge in [0.05, 0.1) is 13.2 Å². The molecule has 3 aromatic heterocycles. The second-order valence-electron chi connectivity index (χ2n) is 6.76. The van der Waals surface area contributed by atoms with Gasteiger partial charge in [-0.3, -0.25) is 9.20 Å². The Morgan fingerprint density at radius 3 is 2.93 bits per heavy atom. The first-order valence-corrected chi connectivity index (χ1v) is 10.8. The lowest BCUT2D eigenvalue weighted by Gasteiger charge is -2.17. The second kappa shape index (κ2) is 8.57. The second-order valence-corrected chi connectivity index (χ2v) is 7.74. The van der Waals surface area contributed by atoms with Gasteiger partial charge in [0.2, 0.25) is 5.91 Å². The predicted molar refractivity (Wildman–Crippen MR) is 115 cm³/mol. The van der Waals surface area contributed by atoms with Crippen LogP contribution in [-0.2, 0) is 11.3 Å². The molecule has 0 saturated heterocycles. The number of fused-ring (bicyclic) bond motifs is 2. The number of carbonyl (C=O) groups excluding carboxylic acids is 1. The van der Waals surface area contributed by atoms with Crippen LogP contribution in [0.3, 0.4) is 0 Å². The third-order valence-corrected chi connectivity index (χ3v) is 5.53. The van der Waals surface area contributed by atoms with E-state index in [9.17, 15) is 4.79 Å². The van der Waals surface area contributed by atoms with Crippen LogP contribution in [0.25, 0.3) is 16.6 Å². The summed E-state index contributed by atoms with van der Waals surface area (Å²) in [5.74, 6) is 2.41. The van der Waals surface area contributed by atoms with Crippen LogP contribution in [0.5, 0.6) is 5.75 Å². The molecule has 3 heterocycles. The number of benzene rings is 1. The van der Waals surface area contributed by atoms with E-state index in [-0.39, 0.29) is 18.5 Å². The summed E-state index contributed by atoms with van der Waals surface area (Å²) in [6.45, 7) is 0.238. The van der Waals surface area contributed by atoms with Gasteiger partial charge in [-0.05, 0) is 54.8 Å². The molecule has 0 aliphatic carbocycles. The maximum Gasteiger partial charge on any atom is 0.240 e. The van der Waals surface area contributed by atoms with Gasteiger partial charge in [-0.1, -0.05) is 6.07 Å². The van der Waals surface area contributed by atoms with Gasteiger partial charge >= 0.3 is 0 Å². The highest BCUT2D eigenvalue weighted by molar-refractivity contribution is 7.98. The highest BCUT2D eigenvalue weighted by Crippen LogP contribution is 2.22. The number of nitrogens with zero attached hydrogens (tertiary/aromatic N) is 4. The summed E-state index contributed by atoms with van der Waals surface area (Å²) in [7, 11) is 1.65. The first-order valence-electron chi connectivity index (χ1n) is 9.40. The molecule has 0 aliphatic rings. The Bertz CT molecular complexity index is 1140. The number of hydrogen-bond donors (Lipinski definition) is 1. The highest BCUT2D eigenvalue weighted by Gasteiger charge is 2.20. The molecule has 1 aromatic carbocycles. The largest absolute Gasteiger partial charge is 0.497 e. The maximum absolute atomic E-state index is 12.9. The minimum atomic E-state index is -0.200. The number of nitrogens with one attached hydrogen (secondary N) is 1. The van der Waals surface area contributed by atoms with Crippen molar-refractivity contribution in [3.05, 3.63) is 60.7 Å². The monoisotopic (exact) mass is 409 g/mol. The van der Waals surface area contributed by atoms with E-state index in [1.165, 1.54) is 0 Å². The van der Waals surface area contributed by atoms with Crippen molar-refractivity contribution in [3.8, 4) is 5.75 Å². The number of ether oxygens (including phenoxy) is 1. The van der Waals surface area contributed by atoms with Crippen LogP contribution in [0.15, 0.2) is 54.9 Å². The fraction of sp³-hybridized carbons (Fsp3) is 0.286. The Balaban J connectivity index is 1.54. The van der Waals surface area contributed by atoms with Gasteiger partial charge in [0.15, 0.2) is 11.5 Å². The summed E-state index contributed by atoms with van der Waals surface area (Å²) in [5.41, 5.74) is 1.77. The minimum Gasteiger partial charge on any atom is -0.497 e. The first-order chi connectivity index (χ1) is 14.2. The Hall–Kier alpha value is -3.00. The van der Waals surface area contributed by atoms with Crippen LogP contribution in [-0.4, -0.2) is 44.2 Å². The topological polar surface area (TPSA) is 73.4 Å². The normalized spacial score (nSPS) is 12.3. The zero-order valence-electron chi connectivity index (χ0n) is 16.4. The van der Waals surface area contributed by atoms with Crippen molar-refractivity contribution in [1.82, 2.24) is 24.5 Å². The average molecular weight is 410 g/mol. The molecule has 29 heavy (non-hydrogen) atoms. The lowest BCUT2D eigenvalue weighted by atomic mass is 10.2. The van der Waals surface area contributed by atoms with Crippen molar-refractivity contribution in [2.24, 2.45) is 0 Å². The quantitative estimate of drug-likeness (QED) is 0.483. The first kappa shape index (κ1) is 19.3. The van der Waals surface area contributed by atoms with Gasteiger partial charge in [0.1, 0.15) is 12.3 Å². The molecule has 4 aromatic rings. The van der Waals surface area contributed by atoms with E-state index >= 15 is 0 Å². The van der Waals surface area contributed by atoms with Crippen molar-refractivity contribution in [2.45, 2.75) is 19.0 Å². The summed E-state index contributed by atoms with van der Waals surface area (Å²) in [6, 6.07) is 13.4. The molecule has 0 saturated carbocycles. The molecule has 0 spiro atoms. The Morgan fingerprint density at radius 2 is 2.10 bits per heavy atom. The number of aromatic nitrogens is 4. The van der Waals surface area contributed by atoms with Crippen molar-refractivity contribution < 1.29 is 9.53 Å². The van der Waals surface area contributed by atoms with Crippen LogP contribution < -0.4 is 10.1 Å². The third-order valence-electron chi connectivity index (χ3n) is 4.89. The molecule has 1 unspecified atom stereocenters. The summed E-state index contributed by atoms with van der Waals surface area (Å²) in [6.07, 6.45) is 6.69. The lowest BCUT2D eigenvalue weighted by Crippen LogP contribution is -2.33. The van der Waals surface area contributed by atoms with Crippen LogP contribution in [0.2, 0.25) is 0 Å². The Kier molecular flexibility index (Phi) is 5.71. The molecule has 0 aliphatic heterocycles. The molecule has 8 heteroatoms. The van der Waals surface area contributed by atoms with Crippen LogP contribution >= 0.6 is 11.8 Å². The predicted octanol–water partition coefficient (Wildman–Crippen LogP) is 3.30. The molecule has 0 radical (unpaired) electrons. The van der Waals surface area contributed by atoms with Crippen molar-refractivity contribution in [2.75, 3.05) is 19.1 Å². The van der Waals surface area contributed by atoms with Gasteiger partial charge in [0, 0.05) is 23.3 Å². The van der Waals surface area contributed by atoms with Gasteiger partial charge in [-0.15, -0.1) is 10.2 Å². The minimum absolute atomic E-state index is 0.0582. The number of carbonyl (C=O) groups is 1. The number of rotatable bonds is 8. The lowest BCUT2D eigenvalue weighted by molar-refractivity contribution is -0.122. The number of hydrogen-bond acceptors (Lipinski definition) is 5. The molecule has 0 fully saturated rings. The van der Waals surface area contributed by atoms with Crippen molar-refractivity contribution in [1.29, 1.82) is 0 Å². The average Bonchev–Trinajstić information content (AvgIpc) is 3.35. The van der Waals surface area contributed by atoms with Crippen LogP contribution in [0, 0.1) is 0 Å². The molecular formula is C21H23N5O2S. The number of pyridine rings is 1. The van der Waals surface area contributed by atoms with E-state index in [0.717, 1.165) is 40.3 Å². The summed E-state index contributed by atoms with van der Waals surface area (Å²) in [4.78, 5) is 12.9. The van der Waals surface area contributed by atoms with E-state index in [4.69, 9.17) is 4.74 Å². The SMILES string of the molecule is COc1ccc2c(ccn2CC(=O)NC(CCSC)c2nnc3ccccn23)c1.